The molecule has 0 bridgehead atoms. The van der Waals surface area contributed by atoms with Gasteiger partial charge in [0.1, 0.15) is 0 Å². The highest BCUT2D eigenvalue weighted by atomic mass is 79.9. The van der Waals surface area contributed by atoms with E-state index in [4.69, 9.17) is 0 Å². The topological polar surface area (TPSA) is 29.4 Å². The summed E-state index contributed by atoms with van der Waals surface area (Å²) in [5, 5.41) is 0. The molecule has 2 nitrogen and oxygen atoms in total. The molecule has 0 spiro atoms. The van der Waals surface area contributed by atoms with Crippen molar-refractivity contribution in [2.75, 3.05) is 0 Å². The number of carbonyl (C=O) groups excluding carboxylic acids is 1. The Balaban J connectivity index is 2.98. The maximum absolute atomic E-state index is 9.94. The van der Waals surface area contributed by atoms with Gasteiger partial charge in [0.2, 0.25) is 6.08 Å². The molecule has 0 aliphatic rings. The van der Waals surface area contributed by atoms with Crippen LogP contribution in [0, 0.1) is 0 Å². The number of isocyanates is 1. The van der Waals surface area contributed by atoms with Gasteiger partial charge in [0, 0.05) is 4.47 Å². The maximum Gasteiger partial charge on any atom is 0.235 e. The highest BCUT2D eigenvalue weighted by Gasteiger charge is 1.99. The van der Waals surface area contributed by atoms with Crippen LogP contribution in [0.1, 0.15) is 18.1 Å². The van der Waals surface area contributed by atoms with Crippen molar-refractivity contribution in [3.05, 3.63) is 33.8 Å². The van der Waals surface area contributed by atoms with E-state index >= 15 is 0 Å². The predicted octanol–water partition coefficient (Wildman–Crippen LogP) is 2.85. The minimum Gasteiger partial charge on any atom is -0.211 e. The molecule has 3 heteroatoms. The van der Waals surface area contributed by atoms with Gasteiger partial charge in [0.25, 0.3) is 0 Å². The highest BCUT2D eigenvalue weighted by Crippen LogP contribution is 2.17. The first kappa shape index (κ1) is 10.2. The molecule has 68 valence electrons. The Hall–Kier alpha value is -0.920. The van der Waals surface area contributed by atoms with Crippen molar-refractivity contribution in [3.8, 4) is 0 Å². The molecule has 0 saturated heterocycles. The molecular weight excluding hydrogens is 230 g/mol. The molecule has 0 aliphatic carbocycles. The molecule has 0 amide bonds. The van der Waals surface area contributed by atoms with Crippen LogP contribution in [0.2, 0.25) is 0 Å². The Morgan fingerprint density at radius 2 is 2.23 bits per heavy atom. The summed E-state index contributed by atoms with van der Waals surface area (Å²) in [5.41, 5.74) is 2.31. The van der Waals surface area contributed by atoms with Crippen LogP contribution in [0.15, 0.2) is 27.7 Å². The molecule has 0 aliphatic heterocycles. The maximum atomic E-state index is 9.94. The van der Waals surface area contributed by atoms with Gasteiger partial charge < -0.3 is 0 Å². The fourth-order valence-corrected chi connectivity index (χ4v) is 1.60. The monoisotopic (exact) mass is 239 g/mol. The van der Waals surface area contributed by atoms with E-state index < -0.39 is 0 Å². The lowest BCUT2D eigenvalue weighted by Gasteiger charge is -2.04. The number of hydrogen-bond acceptors (Lipinski definition) is 2. The van der Waals surface area contributed by atoms with Gasteiger partial charge in [-0.15, -0.1) is 0 Å². The van der Waals surface area contributed by atoms with Gasteiger partial charge in [0.05, 0.1) is 6.54 Å². The summed E-state index contributed by atoms with van der Waals surface area (Å²) < 4.78 is 1.06. The molecule has 0 aromatic heterocycles. The second-order valence-electron chi connectivity index (χ2n) is 2.67. The quantitative estimate of drug-likeness (QED) is 0.590. The zero-order chi connectivity index (χ0) is 9.68. The van der Waals surface area contributed by atoms with Crippen LogP contribution in [0.5, 0.6) is 0 Å². The Morgan fingerprint density at radius 3 is 2.85 bits per heavy atom. The minimum absolute atomic E-state index is 0.431. The SMILES string of the molecule is CCc1cc(Br)ccc1CN=C=O. The van der Waals surface area contributed by atoms with Gasteiger partial charge >= 0.3 is 0 Å². The first-order valence-corrected chi connectivity index (χ1v) is 4.88. The summed E-state index contributed by atoms with van der Waals surface area (Å²) in [7, 11) is 0. The van der Waals surface area contributed by atoms with Crippen LogP contribution >= 0.6 is 15.9 Å². The lowest BCUT2D eigenvalue weighted by atomic mass is 10.1. The van der Waals surface area contributed by atoms with E-state index in [2.05, 4.69) is 33.9 Å². The Kier molecular flexibility index (Phi) is 3.87. The third-order valence-corrected chi connectivity index (χ3v) is 2.36. The van der Waals surface area contributed by atoms with Gasteiger partial charge in [-0.25, -0.2) is 9.79 Å². The Bertz CT molecular complexity index is 343. The number of rotatable bonds is 3. The summed E-state index contributed by atoms with van der Waals surface area (Å²) in [5.74, 6) is 0. The predicted molar refractivity (Wildman–Crippen MR) is 55.3 cm³/mol. The van der Waals surface area contributed by atoms with Gasteiger partial charge in [-0.3, -0.25) is 0 Å². The molecular formula is C10H10BrNO. The van der Waals surface area contributed by atoms with E-state index in [1.54, 1.807) is 6.08 Å². The summed E-state index contributed by atoms with van der Waals surface area (Å²) in [6.45, 7) is 2.51. The van der Waals surface area contributed by atoms with Crippen LogP contribution < -0.4 is 0 Å². The van der Waals surface area contributed by atoms with E-state index in [-0.39, 0.29) is 0 Å². The number of aliphatic imine (C=N–C) groups is 1. The molecule has 1 rings (SSSR count). The largest absolute Gasteiger partial charge is 0.235 e. The molecule has 0 saturated carbocycles. The molecule has 1 aromatic carbocycles. The molecule has 0 N–H and O–H groups in total. The average molecular weight is 240 g/mol. The van der Waals surface area contributed by atoms with Crippen molar-refractivity contribution >= 4 is 22.0 Å². The zero-order valence-electron chi connectivity index (χ0n) is 7.38. The lowest BCUT2D eigenvalue weighted by molar-refractivity contribution is 0.562. The third kappa shape index (κ3) is 2.79. The van der Waals surface area contributed by atoms with Crippen LogP contribution in [0.25, 0.3) is 0 Å². The van der Waals surface area contributed by atoms with E-state index in [0.29, 0.717) is 6.54 Å². The highest BCUT2D eigenvalue weighted by molar-refractivity contribution is 9.10. The molecule has 1 aromatic rings. The summed E-state index contributed by atoms with van der Waals surface area (Å²) in [4.78, 5) is 13.5. The fourth-order valence-electron chi connectivity index (χ4n) is 1.20. The van der Waals surface area contributed by atoms with Crippen LogP contribution in [-0.2, 0) is 17.8 Å². The summed E-state index contributed by atoms with van der Waals surface area (Å²) in [6.07, 6.45) is 2.49. The number of hydrogen-bond donors (Lipinski definition) is 0. The molecule has 0 unspecified atom stereocenters. The van der Waals surface area contributed by atoms with Crippen LogP contribution in [-0.4, -0.2) is 6.08 Å². The van der Waals surface area contributed by atoms with Gasteiger partial charge in [-0.2, -0.15) is 0 Å². The Labute approximate surface area is 85.8 Å². The van der Waals surface area contributed by atoms with Crippen LogP contribution in [0.3, 0.4) is 0 Å². The van der Waals surface area contributed by atoms with Crippen molar-refractivity contribution in [3.63, 3.8) is 0 Å². The molecule has 0 atom stereocenters. The second kappa shape index (κ2) is 4.95. The first-order valence-electron chi connectivity index (χ1n) is 4.09. The van der Waals surface area contributed by atoms with Crippen LogP contribution in [0.4, 0.5) is 0 Å². The van der Waals surface area contributed by atoms with Crippen molar-refractivity contribution < 1.29 is 4.79 Å². The molecule has 13 heavy (non-hydrogen) atoms. The fraction of sp³-hybridized carbons (Fsp3) is 0.300. The Morgan fingerprint density at radius 1 is 1.46 bits per heavy atom. The van der Waals surface area contributed by atoms with Gasteiger partial charge in [0.15, 0.2) is 0 Å². The number of benzene rings is 1. The van der Waals surface area contributed by atoms with E-state index in [9.17, 15) is 4.79 Å². The van der Waals surface area contributed by atoms with E-state index in [0.717, 1.165) is 16.5 Å². The van der Waals surface area contributed by atoms with Crippen molar-refractivity contribution in [2.45, 2.75) is 19.9 Å². The summed E-state index contributed by atoms with van der Waals surface area (Å²) in [6, 6.07) is 5.98. The number of aryl methyl sites for hydroxylation is 1. The summed E-state index contributed by atoms with van der Waals surface area (Å²) >= 11 is 3.40. The zero-order valence-corrected chi connectivity index (χ0v) is 8.97. The minimum atomic E-state index is 0.431. The van der Waals surface area contributed by atoms with E-state index in [1.165, 1.54) is 5.56 Å². The third-order valence-electron chi connectivity index (χ3n) is 1.86. The van der Waals surface area contributed by atoms with Crippen molar-refractivity contribution in [1.29, 1.82) is 0 Å². The number of nitrogens with zero attached hydrogens (tertiary/aromatic N) is 1. The normalized spacial score (nSPS) is 9.38. The smallest absolute Gasteiger partial charge is 0.211 e. The van der Waals surface area contributed by atoms with Gasteiger partial charge in [-0.1, -0.05) is 28.9 Å². The lowest BCUT2D eigenvalue weighted by Crippen LogP contribution is -1.90. The molecule has 0 radical (unpaired) electrons. The van der Waals surface area contributed by atoms with E-state index in [1.807, 2.05) is 12.1 Å². The molecule has 0 heterocycles. The average Bonchev–Trinajstić information content (AvgIpc) is 2.16. The molecule has 0 fully saturated rings. The number of halogens is 1. The standard InChI is InChI=1S/C10H10BrNO/c1-2-8-5-10(11)4-3-9(8)6-12-7-13/h3-5H,2,6H2,1H3. The second-order valence-corrected chi connectivity index (χ2v) is 3.59. The first-order chi connectivity index (χ1) is 6.27. The van der Waals surface area contributed by atoms with Gasteiger partial charge in [-0.05, 0) is 29.7 Å². The van der Waals surface area contributed by atoms with Crippen molar-refractivity contribution in [2.24, 2.45) is 4.99 Å². The van der Waals surface area contributed by atoms with Crippen molar-refractivity contribution in [1.82, 2.24) is 0 Å².